The van der Waals surface area contributed by atoms with E-state index in [4.69, 9.17) is 4.74 Å². The third-order valence-corrected chi connectivity index (χ3v) is 3.06. The zero-order valence-corrected chi connectivity index (χ0v) is 11.1. The van der Waals surface area contributed by atoms with Crippen LogP contribution in [0.25, 0.3) is 0 Å². The Morgan fingerprint density at radius 1 is 1.24 bits per heavy atom. The number of rotatable bonds is 5. The fourth-order valence-electron chi connectivity index (χ4n) is 1.84. The number of carbonyl (C=O) groups excluding carboxylic acids is 1. The van der Waals surface area contributed by atoms with Crippen molar-refractivity contribution < 1.29 is 9.53 Å². The Bertz CT molecular complexity index is 355. The molecule has 1 aromatic rings. The molecule has 17 heavy (non-hydrogen) atoms. The molecule has 3 nitrogen and oxygen atoms in total. The topological polar surface area (TPSA) is 29.5 Å². The highest BCUT2D eigenvalue weighted by molar-refractivity contribution is 5.83. The second-order valence-electron chi connectivity index (χ2n) is 4.01. The van der Waals surface area contributed by atoms with Gasteiger partial charge in [0.15, 0.2) is 0 Å². The Morgan fingerprint density at radius 2 is 1.76 bits per heavy atom. The minimum atomic E-state index is -0.0965. The molecule has 1 atom stereocenters. The number of carbonyl (C=O) groups is 1. The van der Waals surface area contributed by atoms with Crippen molar-refractivity contribution in [1.82, 2.24) is 4.90 Å². The summed E-state index contributed by atoms with van der Waals surface area (Å²) in [5.41, 5.74) is 1.03. The third-order valence-electron chi connectivity index (χ3n) is 3.06. The predicted molar refractivity (Wildman–Crippen MR) is 69.3 cm³/mol. The molecule has 0 N–H and O–H groups in total. The number of hydrogen-bond acceptors (Lipinski definition) is 2. The van der Waals surface area contributed by atoms with Gasteiger partial charge in [-0.1, -0.05) is 12.1 Å². The van der Waals surface area contributed by atoms with Crippen molar-refractivity contribution in [3.63, 3.8) is 0 Å². The summed E-state index contributed by atoms with van der Waals surface area (Å²) in [4.78, 5) is 14.0. The molecule has 0 saturated heterocycles. The highest BCUT2D eigenvalue weighted by Crippen LogP contribution is 2.21. The maximum absolute atomic E-state index is 12.2. The van der Waals surface area contributed by atoms with Gasteiger partial charge in [-0.05, 0) is 38.5 Å². The van der Waals surface area contributed by atoms with E-state index in [1.165, 1.54) is 0 Å². The van der Waals surface area contributed by atoms with Crippen molar-refractivity contribution in [3.05, 3.63) is 29.8 Å². The van der Waals surface area contributed by atoms with Crippen LogP contribution in [0.15, 0.2) is 24.3 Å². The number of likely N-dealkylation sites (N-methyl/N-ethyl adjacent to an activating group) is 1. The summed E-state index contributed by atoms with van der Waals surface area (Å²) in [6.07, 6.45) is 0. The van der Waals surface area contributed by atoms with E-state index < -0.39 is 0 Å². The lowest BCUT2D eigenvalue weighted by atomic mass is 9.99. The number of ether oxygens (including phenoxy) is 1. The molecular weight excluding hydrogens is 214 g/mol. The number of methoxy groups -OCH3 is 1. The second kappa shape index (κ2) is 6.28. The van der Waals surface area contributed by atoms with Gasteiger partial charge in [0.1, 0.15) is 5.75 Å². The van der Waals surface area contributed by atoms with Crippen molar-refractivity contribution in [1.29, 1.82) is 0 Å². The molecule has 0 saturated carbocycles. The van der Waals surface area contributed by atoms with Gasteiger partial charge in [0.05, 0.1) is 13.0 Å². The van der Waals surface area contributed by atoms with Gasteiger partial charge in [0, 0.05) is 13.1 Å². The monoisotopic (exact) mass is 235 g/mol. The van der Waals surface area contributed by atoms with E-state index in [2.05, 4.69) is 0 Å². The maximum atomic E-state index is 12.2. The van der Waals surface area contributed by atoms with Crippen LogP contribution in [0.4, 0.5) is 0 Å². The van der Waals surface area contributed by atoms with Gasteiger partial charge in [-0.15, -0.1) is 0 Å². The van der Waals surface area contributed by atoms with E-state index in [9.17, 15) is 4.79 Å². The highest BCUT2D eigenvalue weighted by Gasteiger charge is 2.19. The standard InChI is InChI=1S/C14H21NO2/c1-5-15(6-2)14(16)11(3)12-7-9-13(17-4)10-8-12/h7-11H,5-6H2,1-4H3. The zero-order valence-electron chi connectivity index (χ0n) is 11.1. The predicted octanol–water partition coefficient (Wildman–Crippen LogP) is 2.67. The van der Waals surface area contributed by atoms with Crippen molar-refractivity contribution in [2.45, 2.75) is 26.7 Å². The highest BCUT2D eigenvalue weighted by atomic mass is 16.5. The molecule has 0 fully saturated rings. The first-order chi connectivity index (χ1) is 8.13. The lowest BCUT2D eigenvalue weighted by Crippen LogP contribution is -2.33. The molecule has 1 amide bonds. The van der Waals surface area contributed by atoms with Crippen LogP contribution in [-0.2, 0) is 4.79 Å². The molecule has 0 spiro atoms. The maximum Gasteiger partial charge on any atom is 0.229 e. The zero-order chi connectivity index (χ0) is 12.8. The Morgan fingerprint density at radius 3 is 2.18 bits per heavy atom. The van der Waals surface area contributed by atoms with Crippen LogP contribution < -0.4 is 4.74 Å². The molecule has 0 bridgehead atoms. The number of amides is 1. The quantitative estimate of drug-likeness (QED) is 0.785. The first-order valence-electron chi connectivity index (χ1n) is 6.06. The fraction of sp³-hybridized carbons (Fsp3) is 0.500. The second-order valence-corrected chi connectivity index (χ2v) is 4.01. The summed E-state index contributed by atoms with van der Waals surface area (Å²) in [5.74, 6) is 0.900. The minimum Gasteiger partial charge on any atom is -0.497 e. The van der Waals surface area contributed by atoms with Gasteiger partial charge >= 0.3 is 0 Å². The van der Waals surface area contributed by atoms with Gasteiger partial charge in [0.25, 0.3) is 0 Å². The van der Waals surface area contributed by atoms with Crippen molar-refractivity contribution in [3.8, 4) is 5.75 Å². The molecule has 0 aliphatic heterocycles. The lowest BCUT2D eigenvalue weighted by molar-refractivity contribution is -0.132. The van der Waals surface area contributed by atoms with E-state index in [0.717, 1.165) is 24.4 Å². The Labute approximate surface area is 103 Å². The SMILES string of the molecule is CCN(CC)C(=O)C(C)c1ccc(OC)cc1. The third kappa shape index (κ3) is 3.22. The largest absolute Gasteiger partial charge is 0.497 e. The normalized spacial score (nSPS) is 12.0. The van der Waals surface area contributed by atoms with E-state index in [0.29, 0.717) is 0 Å². The van der Waals surface area contributed by atoms with Gasteiger partial charge in [-0.25, -0.2) is 0 Å². The molecule has 0 aliphatic carbocycles. The molecular formula is C14H21NO2. The van der Waals surface area contributed by atoms with Gasteiger partial charge in [0.2, 0.25) is 5.91 Å². The summed E-state index contributed by atoms with van der Waals surface area (Å²) < 4.78 is 5.10. The van der Waals surface area contributed by atoms with Crippen LogP contribution in [-0.4, -0.2) is 31.0 Å². The average molecular weight is 235 g/mol. The molecule has 1 unspecified atom stereocenters. The van der Waals surface area contributed by atoms with Gasteiger partial charge in [-0.3, -0.25) is 4.79 Å². The van der Waals surface area contributed by atoms with Crippen molar-refractivity contribution in [2.75, 3.05) is 20.2 Å². The number of nitrogens with zero attached hydrogens (tertiary/aromatic N) is 1. The smallest absolute Gasteiger partial charge is 0.229 e. The Hall–Kier alpha value is -1.51. The van der Waals surface area contributed by atoms with Crippen LogP contribution in [0, 0.1) is 0 Å². The number of benzene rings is 1. The lowest BCUT2D eigenvalue weighted by Gasteiger charge is -2.23. The van der Waals surface area contributed by atoms with E-state index in [-0.39, 0.29) is 11.8 Å². The van der Waals surface area contributed by atoms with Gasteiger partial charge < -0.3 is 9.64 Å². The van der Waals surface area contributed by atoms with Crippen LogP contribution in [0.1, 0.15) is 32.3 Å². The molecule has 0 radical (unpaired) electrons. The van der Waals surface area contributed by atoms with Crippen molar-refractivity contribution in [2.24, 2.45) is 0 Å². The Kier molecular flexibility index (Phi) is 5.01. The summed E-state index contributed by atoms with van der Waals surface area (Å²) in [5, 5.41) is 0. The molecule has 0 aromatic heterocycles. The summed E-state index contributed by atoms with van der Waals surface area (Å²) in [6, 6.07) is 7.68. The minimum absolute atomic E-state index is 0.0965. The summed E-state index contributed by atoms with van der Waals surface area (Å²) >= 11 is 0. The van der Waals surface area contributed by atoms with Crippen LogP contribution >= 0.6 is 0 Å². The van der Waals surface area contributed by atoms with Crippen LogP contribution in [0.5, 0.6) is 5.75 Å². The molecule has 3 heteroatoms. The van der Waals surface area contributed by atoms with Crippen molar-refractivity contribution >= 4 is 5.91 Å². The van der Waals surface area contributed by atoms with Gasteiger partial charge in [-0.2, -0.15) is 0 Å². The molecule has 1 rings (SSSR count). The van der Waals surface area contributed by atoms with E-state index >= 15 is 0 Å². The Balaban J connectivity index is 2.80. The average Bonchev–Trinajstić information content (AvgIpc) is 2.39. The summed E-state index contributed by atoms with van der Waals surface area (Å²) in [6.45, 7) is 7.47. The summed E-state index contributed by atoms with van der Waals surface area (Å²) in [7, 11) is 1.64. The molecule has 0 aliphatic rings. The van der Waals surface area contributed by atoms with E-state index in [1.807, 2.05) is 49.9 Å². The fourth-order valence-corrected chi connectivity index (χ4v) is 1.84. The van der Waals surface area contributed by atoms with Crippen LogP contribution in [0.2, 0.25) is 0 Å². The molecule has 94 valence electrons. The molecule has 0 heterocycles. The number of hydrogen-bond donors (Lipinski definition) is 0. The first-order valence-corrected chi connectivity index (χ1v) is 6.06. The van der Waals surface area contributed by atoms with E-state index in [1.54, 1.807) is 7.11 Å². The molecule has 1 aromatic carbocycles. The first kappa shape index (κ1) is 13.6. The van der Waals surface area contributed by atoms with Crippen LogP contribution in [0.3, 0.4) is 0 Å².